The highest BCUT2D eigenvalue weighted by Gasteiger charge is 2.24. The molecule has 0 aliphatic rings. The van der Waals surface area contributed by atoms with E-state index in [2.05, 4.69) is 0 Å². The van der Waals surface area contributed by atoms with Crippen molar-refractivity contribution >= 4 is 33.7 Å². The van der Waals surface area contributed by atoms with Crippen LogP contribution >= 0.6 is 22.9 Å². The molecule has 1 aromatic heterocycles. The fraction of sp³-hybridized carbons (Fsp3) is 0.0800. The lowest BCUT2D eigenvalue weighted by Gasteiger charge is -2.09. The maximum absolute atomic E-state index is 13.5. The molecule has 4 rings (SSSR count). The van der Waals surface area contributed by atoms with Crippen molar-refractivity contribution in [2.75, 3.05) is 5.73 Å². The van der Waals surface area contributed by atoms with Gasteiger partial charge in [0, 0.05) is 15.5 Å². The monoisotopic (exact) mass is 435 g/mol. The van der Waals surface area contributed by atoms with Gasteiger partial charge in [-0.1, -0.05) is 53.6 Å². The van der Waals surface area contributed by atoms with Crippen LogP contribution in [-0.2, 0) is 6.42 Å². The summed E-state index contributed by atoms with van der Waals surface area (Å²) in [6, 6.07) is 21.3. The van der Waals surface area contributed by atoms with Crippen LogP contribution in [0.25, 0.3) is 10.4 Å². The van der Waals surface area contributed by atoms with E-state index in [-0.39, 0.29) is 11.6 Å². The molecule has 1 heterocycles. The summed E-state index contributed by atoms with van der Waals surface area (Å²) in [7, 11) is 0. The van der Waals surface area contributed by atoms with Gasteiger partial charge in [-0.15, -0.1) is 11.3 Å². The normalized spacial score (nSPS) is 10.9. The second-order valence-electron chi connectivity index (χ2n) is 7.15. The number of nitrogens with two attached hydrogens (primary N) is 1. The van der Waals surface area contributed by atoms with E-state index in [1.807, 2.05) is 31.2 Å². The summed E-state index contributed by atoms with van der Waals surface area (Å²) < 4.78 is 13.5. The van der Waals surface area contributed by atoms with Crippen LogP contribution in [0.15, 0.2) is 72.8 Å². The summed E-state index contributed by atoms with van der Waals surface area (Å²) in [4.78, 5) is 14.2. The van der Waals surface area contributed by atoms with Crippen molar-refractivity contribution in [2.24, 2.45) is 0 Å². The number of ketones is 1. The topological polar surface area (TPSA) is 43.1 Å². The molecule has 0 bridgehead atoms. The molecule has 0 atom stereocenters. The highest BCUT2D eigenvalue weighted by atomic mass is 35.5. The Balaban J connectivity index is 1.85. The number of nitrogen functional groups attached to an aromatic ring is 1. The molecule has 0 saturated heterocycles. The Labute approximate surface area is 183 Å². The molecule has 0 spiro atoms. The van der Waals surface area contributed by atoms with Crippen LogP contribution in [0.5, 0.6) is 0 Å². The standard InChI is InChI=1S/C25H19ClFNOS/c1-15-2-4-16(5-3-15)14-21-22(23(29)17-6-10-19(26)11-7-17)25(28)30-24(21)18-8-12-20(27)13-9-18/h2-13H,14,28H2,1H3. The quantitative estimate of drug-likeness (QED) is 0.346. The van der Waals surface area contributed by atoms with Crippen molar-refractivity contribution in [1.82, 2.24) is 0 Å². The van der Waals surface area contributed by atoms with E-state index in [4.69, 9.17) is 17.3 Å². The van der Waals surface area contributed by atoms with Gasteiger partial charge in [-0.2, -0.15) is 0 Å². The second kappa shape index (κ2) is 8.42. The van der Waals surface area contributed by atoms with Crippen LogP contribution in [0.2, 0.25) is 5.02 Å². The first kappa shape index (κ1) is 20.3. The van der Waals surface area contributed by atoms with Crippen LogP contribution < -0.4 is 5.73 Å². The number of thiophene rings is 1. The minimum atomic E-state index is -0.305. The number of hydrogen-bond acceptors (Lipinski definition) is 3. The lowest BCUT2D eigenvalue weighted by atomic mass is 9.93. The van der Waals surface area contributed by atoms with E-state index in [0.717, 1.165) is 21.6 Å². The largest absolute Gasteiger partial charge is 0.390 e. The Morgan fingerprint density at radius 2 is 1.60 bits per heavy atom. The zero-order valence-corrected chi connectivity index (χ0v) is 17.9. The first-order valence-electron chi connectivity index (χ1n) is 9.45. The number of carbonyl (C=O) groups excluding carboxylic acids is 1. The van der Waals surface area contributed by atoms with Gasteiger partial charge in [0.15, 0.2) is 5.78 Å². The third-order valence-corrected chi connectivity index (χ3v) is 6.34. The van der Waals surface area contributed by atoms with Crippen LogP contribution in [-0.4, -0.2) is 5.78 Å². The predicted molar refractivity (Wildman–Crippen MR) is 123 cm³/mol. The van der Waals surface area contributed by atoms with E-state index in [0.29, 0.717) is 27.6 Å². The minimum absolute atomic E-state index is 0.143. The number of rotatable bonds is 5. The van der Waals surface area contributed by atoms with E-state index in [1.165, 1.54) is 29.0 Å². The molecule has 0 amide bonds. The SMILES string of the molecule is Cc1ccc(Cc2c(-c3ccc(F)cc3)sc(N)c2C(=O)c2ccc(Cl)cc2)cc1. The lowest BCUT2D eigenvalue weighted by Crippen LogP contribution is -2.07. The summed E-state index contributed by atoms with van der Waals surface area (Å²) in [6.45, 7) is 2.03. The van der Waals surface area contributed by atoms with E-state index in [1.54, 1.807) is 36.4 Å². The Bertz CT molecular complexity index is 1200. The van der Waals surface area contributed by atoms with Gasteiger partial charge in [0.1, 0.15) is 5.82 Å². The highest BCUT2D eigenvalue weighted by Crippen LogP contribution is 2.41. The molecule has 0 aliphatic heterocycles. The number of carbonyl (C=O) groups is 1. The first-order valence-corrected chi connectivity index (χ1v) is 10.6. The zero-order valence-electron chi connectivity index (χ0n) is 16.3. The van der Waals surface area contributed by atoms with Gasteiger partial charge >= 0.3 is 0 Å². The fourth-order valence-electron chi connectivity index (χ4n) is 3.39. The van der Waals surface area contributed by atoms with E-state index >= 15 is 0 Å². The number of hydrogen-bond donors (Lipinski definition) is 1. The van der Waals surface area contributed by atoms with Gasteiger partial charge in [-0.05, 0) is 66.4 Å². The van der Waals surface area contributed by atoms with Crippen molar-refractivity contribution in [2.45, 2.75) is 13.3 Å². The van der Waals surface area contributed by atoms with E-state index < -0.39 is 0 Å². The van der Waals surface area contributed by atoms with Gasteiger partial charge in [0.2, 0.25) is 0 Å². The molecule has 30 heavy (non-hydrogen) atoms. The van der Waals surface area contributed by atoms with Gasteiger partial charge in [-0.3, -0.25) is 4.79 Å². The second-order valence-corrected chi connectivity index (χ2v) is 8.64. The Morgan fingerprint density at radius 3 is 2.23 bits per heavy atom. The number of aryl methyl sites for hydroxylation is 1. The average molecular weight is 436 g/mol. The average Bonchev–Trinajstić information content (AvgIpc) is 3.06. The summed E-state index contributed by atoms with van der Waals surface area (Å²) in [5.74, 6) is -0.447. The molecule has 150 valence electrons. The fourth-order valence-corrected chi connectivity index (χ4v) is 4.61. The first-order chi connectivity index (χ1) is 14.4. The number of halogens is 2. The molecule has 2 nitrogen and oxygen atoms in total. The zero-order chi connectivity index (χ0) is 21.3. The number of benzene rings is 3. The molecule has 5 heteroatoms. The van der Waals surface area contributed by atoms with Crippen molar-refractivity contribution in [3.05, 3.63) is 111 Å². The maximum Gasteiger partial charge on any atom is 0.196 e. The van der Waals surface area contributed by atoms with Gasteiger partial charge in [0.05, 0.1) is 10.6 Å². The molecule has 0 aliphatic carbocycles. The van der Waals surface area contributed by atoms with Crippen molar-refractivity contribution in [3.8, 4) is 10.4 Å². The molecule has 0 radical (unpaired) electrons. The molecule has 2 N–H and O–H groups in total. The van der Waals surface area contributed by atoms with Crippen LogP contribution in [0.1, 0.15) is 32.6 Å². The molecular formula is C25H19ClFNOS. The summed E-state index contributed by atoms with van der Waals surface area (Å²) in [5.41, 5.74) is 11.3. The van der Waals surface area contributed by atoms with Crippen molar-refractivity contribution in [1.29, 1.82) is 0 Å². The molecule has 4 aromatic rings. The molecule has 0 saturated carbocycles. The molecule has 0 fully saturated rings. The van der Waals surface area contributed by atoms with Crippen molar-refractivity contribution in [3.63, 3.8) is 0 Å². The summed E-state index contributed by atoms with van der Waals surface area (Å²) in [6.07, 6.45) is 0.551. The Morgan fingerprint density at radius 1 is 0.967 bits per heavy atom. The summed E-state index contributed by atoms with van der Waals surface area (Å²) in [5, 5.41) is 1.02. The highest BCUT2D eigenvalue weighted by molar-refractivity contribution is 7.20. The molecular weight excluding hydrogens is 417 g/mol. The van der Waals surface area contributed by atoms with Gasteiger partial charge < -0.3 is 5.73 Å². The van der Waals surface area contributed by atoms with Gasteiger partial charge in [0.25, 0.3) is 0 Å². The lowest BCUT2D eigenvalue weighted by molar-refractivity contribution is 0.103. The van der Waals surface area contributed by atoms with Crippen LogP contribution in [0.3, 0.4) is 0 Å². The van der Waals surface area contributed by atoms with Crippen LogP contribution in [0.4, 0.5) is 9.39 Å². The third kappa shape index (κ3) is 4.16. The third-order valence-electron chi connectivity index (χ3n) is 4.98. The Hall–Kier alpha value is -2.95. The van der Waals surface area contributed by atoms with E-state index in [9.17, 15) is 9.18 Å². The smallest absolute Gasteiger partial charge is 0.196 e. The number of anilines is 1. The van der Waals surface area contributed by atoms with Crippen LogP contribution in [0, 0.1) is 12.7 Å². The molecule has 3 aromatic carbocycles. The van der Waals surface area contributed by atoms with Gasteiger partial charge in [-0.25, -0.2) is 4.39 Å². The maximum atomic E-state index is 13.5. The molecule has 0 unspecified atom stereocenters. The minimum Gasteiger partial charge on any atom is -0.390 e. The Kier molecular flexibility index (Phi) is 5.71. The van der Waals surface area contributed by atoms with Crippen molar-refractivity contribution < 1.29 is 9.18 Å². The predicted octanol–water partition coefficient (Wildman–Crippen LogP) is 6.92. The summed E-state index contributed by atoms with van der Waals surface area (Å²) >= 11 is 7.33.